The number of allylic oxidation sites excluding steroid dienone is 1. The van der Waals surface area contributed by atoms with Gasteiger partial charge in [-0.25, -0.2) is 0 Å². The van der Waals surface area contributed by atoms with Gasteiger partial charge in [0, 0.05) is 11.5 Å². The summed E-state index contributed by atoms with van der Waals surface area (Å²) in [5.74, 6) is -1.73. The van der Waals surface area contributed by atoms with Crippen LogP contribution in [0.25, 0.3) is 0 Å². The summed E-state index contributed by atoms with van der Waals surface area (Å²) < 4.78 is 0. The van der Waals surface area contributed by atoms with Gasteiger partial charge < -0.3 is 41.5 Å². The molecule has 9 nitrogen and oxygen atoms in total. The fourth-order valence-electron chi connectivity index (χ4n) is 8.51. The van der Waals surface area contributed by atoms with Crippen molar-refractivity contribution in [1.82, 2.24) is 0 Å². The van der Waals surface area contributed by atoms with Gasteiger partial charge in [-0.3, -0.25) is 4.79 Å². The predicted octanol–water partition coefficient (Wildman–Crippen LogP) is 5.11. The van der Waals surface area contributed by atoms with Gasteiger partial charge in [-0.15, -0.1) is 0 Å². The van der Waals surface area contributed by atoms with Crippen LogP contribution in [0, 0.1) is 35.5 Å². The highest BCUT2D eigenvalue weighted by molar-refractivity contribution is 8.76. The number of hydrogen-bond acceptors (Lipinski definition) is 10. The standard InChI is InChI=1S/C41H61NO8S2/c1-26(44)39(41(49)50)36-17-14-29-8-2-3-9-32(29)24-51-52-25-33(21-27-6-4-7-28(20-27)23-43)31(22-38(47)35(36)18-19-42)10-5-11-37(46)40(48)30-12-15-34(45)16-13-30/h2-9,11,20,26,30-31,33-40,43-48H,10,12-19,21-25,42H2,1H3,(H,49,50)/b11-5-/t26-,30?,31-,33-,34?,35+,36+,37-,38+,39-,40+/m0/s1. The molecule has 2 aromatic carbocycles. The Balaban J connectivity index is 1.70. The number of nitrogens with two attached hydrogens (primary N) is 1. The Bertz CT molecular complexity index is 1390. The number of carboxylic acid groups (broad SMARTS) is 1. The lowest BCUT2D eigenvalue weighted by atomic mass is 9.69. The van der Waals surface area contributed by atoms with Crippen LogP contribution in [-0.4, -0.2) is 84.5 Å². The van der Waals surface area contributed by atoms with Crippen LogP contribution in [0.2, 0.25) is 0 Å². The molecule has 9 N–H and O–H groups in total. The summed E-state index contributed by atoms with van der Waals surface area (Å²) in [6.07, 6.45) is 4.78. The number of hydrogen-bond donors (Lipinski definition) is 8. The van der Waals surface area contributed by atoms with Crippen LogP contribution in [0.4, 0.5) is 0 Å². The SMILES string of the molecule is C[C@H](O)[C@H](C(=O)O)[C@@H]1CCc2ccccc2CSSC[C@H](Cc2cccc(CO)c2)[C@@H](C/C=C\[C@H](O)[C@H](O)C2CCC(O)CC2)C[C@@H](O)[C@@H]1CCN. The Hall–Kier alpha value is -1.93. The number of fused-ring (bicyclic) bond motifs is 1. The van der Waals surface area contributed by atoms with Crippen LogP contribution < -0.4 is 5.73 Å². The van der Waals surface area contributed by atoms with E-state index < -0.39 is 48.1 Å². The highest BCUT2D eigenvalue weighted by Gasteiger charge is 2.41. The molecule has 0 unspecified atom stereocenters. The average molecular weight is 760 g/mol. The maximum absolute atomic E-state index is 12.7. The molecule has 1 aliphatic carbocycles. The number of carbonyl (C=O) groups is 1. The maximum atomic E-state index is 12.7. The van der Waals surface area contributed by atoms with Gasteiger partial charge in [0.15, 0.2) is 0 Å². The van der Waals surface area contributed by atoms with Crippen LogP contribution in [0.15, 0.2) is 60.7 Å². The van der Waals surface area contributed by atoms with E-state index in [0.29, 0.717) is 64.2 Å². The van der Waals surface area contributed by atoms with Gasteiger partial charge in [-0.05, 0) is 130 Å². The van der Waals surface area contributed by atoms with Crippen molar-refractivity contribution in [2.24, 2.45) is 41.2 Å². The lowest BCUT2D eigenvalue weighted by molar-refractivity contribution is -0.150. The molecule has 0 spiro atoms. The van der Waals surface area contributed by atoms with Crippen molar-refractivity contribution >= 4 is 27.6 Å². The second kappa shape index (κ2) is 21.8. The van der Waals surface area contributed by atoms with Crippen molar-refractivity contribution < 1.29 is 40.5 Å². The highest BCUT2D eigenvalue weighted by atomic mass is 33.1. The molecule has 52 heavy (non-hydrogen) atoms. The van der Waals surface area contributed by atoms with Gasteiger partial charge in [0.25, 0.3) is 0 Å². The van der Waals surface area contributed by atoms with Crippen molar-refractivity contribution in [2.75, 3.05) is 12.3 Å². The van der Waals surface area contributed by atoms with E-state index in [2.05, 4.69) is 18.2 Å². The molecule has 1 fully saturated rings. The van der Waals surface area contributed by atoms with Gasteiger partial charge in [0.1, 0.15) is 0 Å². The number of aliphatic carboxylic acids is 1. The van der Waals surface area contributed by atoms with E-state index in [-0.39, 0.29) is 37.0 Å². The quantitative estimate of drug-likeness (QED) is 0.100. The lowest BCUT2D eigenvalue weighted by Crippen LogP contribution is -2.43. The number of rotatable bonds is 13. The molecule has 0 aromatic heterocycles. The molecule has 0 saturated heterocycles. The third-order valence-corrected chi connectivity index (χ3v) is 13.9. The van der Waals surface area contributed by atoms with Crippen molar-refractivity contribution in [3.8, 4) is 0 Å². The number of aliphatic hydroxyl groups excluding tert-OH is 6. The van der Waals surface area contributed by atoms with Gasteiger partial charge >= 0.3 is 5.97 Å². The second-order valence-corrected chi connectivity index (χ2v) is 17.6. The average Bonchev–Trinajstić information content (AvgIpc) is 3.13. The zero-order chi connectivity index (χ0) is 37.6. The summed E-state index contributed by atoms with van der Waals surface area (Å²) in [5.41, 5.74) is 10.4. The molecule has 11 heteroatoms. The largest absolute Gasteiger partial charge is 0.481 e. The van der Waals surface area contributed by atoms with E-state index in [1.165, 1.54) is 12.5 Å². The molecule has 2 aromatic rings. The van der Waals surface area contributed by atoms with Crippen molar-refractivity contribution in [3.05, 3.63) is 82.9 Å². The minimum atomic E-state index is -1.12. The first-order valence-corrected chi connectivity index (χ1v) is 21.5. The summed E-state index contributed by atoms with van der Waals surface area (Å²) in [6.45, 7) is 1.71. The summed E-state index contributed by atoms with van der Waals surface area (Å²) in [6, 6.07) is 16.1. The molecular formula is C41H61NO8S2. The molecular weight excluding hydrogens is 699 g/mol. The smallest absolute Gasteiger partial charge is 0.309 e. The van der Waals surface area contributed by atoms with Gasteiger partial charge in [-0.2, -0.15) is 0 Å². The van der Waals surface area contributed by atoms with E-state index in [1.807, 2.05) is 36.4 Å². The summed E-state index contributed by atoms with van der Waals surface area (Å²) in [5, 5.41) is 75.2. The number of aryl methyl sites for hydroxylation is 1. The number of aliphatic hydroxyl groups is 6. The monoisotopic (exact) mass is 759 g/mol. The lowest BCUT2D eigenvalue weighted by Gasteiger charge is -2.38. The zero-order valence-corrected chi connectivity index (χ0v) is 32.1. The molecule has 0 amide bonds. The van der Waals surface area contributed by atoms with Crippen LogP contribution in [0.3, 0.4) is 0 Å². The van der Waals surface area contributed by atoms with Crippen LogP contribution in [0.1, 0.15) is 80.5 Å². The number of carboxylic acids is 1. The topological polar surface area (TPSA) is 185 Å². The normalized spacial score (nSPS) is 29.0. The fourth-order valence-corrected chi connectivity index (χ4v) is 11.1. The van der Waals surface area contributed by atoms with E-state index in [4.69, 9.17) is 5.73 Å². The fraction of sp³-hybridized carbons (Fsp3) is 0.634. The molecule has 1 aliphatic heterocycles. The Kier molecular flexibility index (Phi) is 18.0. The first kappa shape index (κ1) is 42.8. The summed E-state index contributed by atoms with van der Waals surface area (Å²) >= 11 is 0. The molecule has 1 heterocycles. The molecule has 9 atom stereocenters. The zero-order valence-electron chi connectivity index (χ0n) is 30.5. The first-order valence-electron chi connectivity index (χ1n) is 19.0. The van der Waals surface area contributed by atoms with Crippen molar-refractivity contribution in [3.63, 3.8) is 0 Å². The second-order valence-electron chi connectivity index (χ2n) is 15.1. The van der Waals surface area contributed by atoms with E-state index in [9.17, 15) is 40.5 Å². The van der Waals surface area contributed by atoms with Crippen molar-refractivity contribution in [2.45, 2.75) is 114 Å². The van der Waals surface area contributed by atoms with Crippen LogP contribution >= 0.6 is 21.6 Å². The van der Waals surface area contributed by atoms with Crippen molar-refractivity contribution in [1.29, 1.82) is 0 Å². The third kappa shape index (κ3) is 12.6. The predicted molar refractivity (Wildman–Crippen MR) is 209 cm³/mol. The number of benzene rings is 2. The molecule has 0 bridgehead atoms. The first-order chi connectivity index (χ1) is 25.0. The Labute approximate surface area is 317 Å². The van der Waals surface area contributed by atoms with Crippen LogP contribution in [-0.2, 0) is 30.0 Å². The van der Waals surface area contributed by atoms with E-state index in [0.717, 1.165) is 28.2 Å². The van der Waals surface area contributed by atoms with Gasteiger partial charge in [0.2, 0.25) is 0 Å². The highest BCUT2D eigenvalue weighted by Crippen LogP contribution is 2.41. The van der Waals surface area contributed by atoms with E-state index >= 15 is 0 Å². The molecule has 1 saturated carbocycles. The Morgan fingerprint density at radius 3 is 2.33 bits per heavy atom. The minimum Gasteiger partial charge on any atom is -0.481 e. The minimum absolute atomic E-state index is 0.0647. The molecule has 290 valence electrons. The summed E-state index contributed by atoms with van der Waals surface area (Å²) in [4.78, 5) is 12.7. The molecule has 4 rings (SSSR count). The molecule has 0 radical (unpaired) electrons. The van der Waals surface area contributed by atoms with Gasteiger partial charge in [-0.1, -0.05) is 82.3 Å². The molecule has 2 aliphatic rings. The van der Waals surface area contributed by atoms with E-state index in [1.54, 1.807) is 27.7 Å². The third-order valence-electron chi connectivity index (χ3n) is 11.5. The van der Waals surface area contributed by atoms with Crippen LogP contribution in [0.5, 0.6) is 0 Å². The Morgan fingerprint density at radius 1 is 0.942 bits per heavy atom. The Morgan fingerprint density at radius 2 is 1.65 bits per heavy atom. The summed E-state index contributed by atoms with van der Waals surface area (Å²) in [7, 11) is 3.57. The van der Waals surface area contributed by atoms with Gasteiger partial charge in [0.05, 0.1) is 43.0 Å². The maximum Gasteiger partial charge on any atom is 0.309 e.